The third-order valence-electron chi connectivity index (χ3n) is 1.51. The van der Waals surface area contributed by atoms with Gasteiger partial charge in [0.05, 0.1) is 5.16 Å². The summed E-state index contributed by atoms with van der Waals surface area (Å²) in [5.41, 5.74) is 0.644. The van der Waals surface area contributed by atoms with Crippen molar-refractivity contribution >= 4 is 36.4 Å². The molecule has 0 aromatic heterocycles. The fourth-order valence-corrected chi connectivity index (χ4v) is 1.07. The first-order valence-electron chi connectivity index (χ1n) is 3.86. The van der Waals surface area contributed by atoms with E-state index in [1.807, 2.05) is 5.16 Å². The Morgan fingerprint density at radius 1 is 1.40 bits per heavy atom. The highest BCUT2D eigenvalue weighted by molar-refractivity contribution is 7.78. The van der Waals surface area contributed by atoms with Crippen LogP contribution in [0.5, 0.6) is 5.75 Å². The summed E-state index contributed by atoms with van der Waals surface area (Å²) in [7, 11) is 1.65. The number of isothiocyanates is 1. The quantitative estimate of drug-likeness (QED) is 0.437. The minimum absolute atomic E-state index is 0.00734. The Balaban J connectivity index is 3.13. The molecule has 0 aliphatic carbocycles. The number of hydrogen-bond acceptors (Lipinski definition) is 3. The van der Waals surface area contributed by atoms with Crippen LogP contribution in [-0.2, 0) is 0 Å². The van der Waals surface area contributed by atoms with Crippen LogP contribution in [0.25, 0.3) is 0 Å². The molecule has 0 bridgehead atoms. The molecule has 1 rings (SSSR count). The first-order valence-corrected chi connectivity index (χ1v) is 4.27. The molecule has 0 amide bonds. The average Bonchev–Trinajstić information content (AvgIpc) is 2.07. The molecule has 0 N–H and O–H groups in total. The van der Waals surface area contributed by atoms with Gasteiger partial charge >= 0.3 is 6.36 Å². The number of nitrogens with zero attached hydrogens (tertiary/aromatic N) is 1. The highest BCUT2D eigenvalue weighted by atomic mass is 32.1. The van der Waals surface area contributed by atoms with E-state index in [4.69, 9.17) is 0 Å². The largest absolute Gasteiger partial charge is 0.573 e. The molecule has 15 heavy (non-hydrogen) atoms. The van der Waals surface area contributed by atoms with Gasteiger partial charge in [0.25, 0.3) is 0 Å². The number of ether oxygens (including phenoxy) is 1. The molecule has 2 nitrogen and oxygen atoms in total. The molecule has 0 aliphatic heterocycles. The highest BCUT2D eigenvalue weighted by Crippen LogP contribution is 2.30. The van der Waals surface area contributed by atoms with Crippen molar-refractivity contribution in [2.24, 2.45) is 4.99 Å². The summed E-state index contributed by atoms with van der Waals surface area (Å²) in [4.78, 5) is 3.47. The topological polar surface area (TPSA) is 21.6 Å². The molecule has 0 unspecified atom stereocenters. The van der Waals surface area contributed by atoms with E-state index in [0.29, 0.717) is 5.46 Å². The lowest BCUT2D eigenvalue weighted by Gasteiger charge is -2.10. The van der Waals surface area contributed by atoms with Crippen molar-refractivity contribution in [1.29, 1.82) is 0 Å². The van der Waals surface area contributed by atoms with Crippen molar-refractivity contribution in [2.45, 2.75) is 6.36 Å². The molecule has 0 atom stereocenters. The van der Waals surface area contributed by atoms with E-state index in [-0.39, 0.29) is 11.4 Å². The Morgan fingerprint density at radius 2 is 2.07 bits per heavy atom. The van der Waals surface area contributed by atoms with Crippen LogP contribution in [0.2, 0.25) is 0 Å². The van der Waals surface area contributed by atoms with Gasteiger partial charge in [-0.25, -0.2) is 0 Å². The van der Waals surface area contributed by atoms with Crippen molar-refractivity contribution in [2.75, 3.05) is 0 Å². The van der Waals surface area contributed by atoms with Gasteiger partial charge in [0.2, 0.25) is 0 Å². The smallest absolute Gasteiger partial charge is 0.403 e. The molecule has 0 spiro atoms. The maximum Gasteiger partial charge on any atom is 0.573 e. The number of thiocarbonyl (C=S) groups is 1. The van der Waals surface area contributed by atoms with Gasteiger partial charge in [0.1, 0.15) is 13.5 Å². The fraction of sp³-hybridized carbons (Fsp3) is 0.125. The third kappa shape index (κ3) is 3.73. The lowest BCUT2D eigenvalue weighted by atomic mass is 9.96. The summed E-state index contributed by atoms with van der Waals surface area (Å²) in [5.74, 6) is -0.375. The number of halogens is 3. The zero-order valence-electron chi connectivity index (χ0n) is 7.63. The minimum atomic E-state index is -4.74. The SMILES string of the molecule is Bc1ccc(N=C=S)c(OC(F)(F)F)c1. The van der Waals surface area contributed by atoms with Gasteiger partial charge in [-0.15, -0.1) is 13.2 Å². The number of hydrogen-bond donors (Lipinski definition) is 0. The van der Waals surface area contributed by atoms with Gasteiger partial charge in [-0.1, -0.05) is 11.5 Å². The van der Waals surface area contributed by atoms with E-state index in [9.17, 15) is 13.2 Å². The van der Waals surface area contributed by atoms with Crippen molar-refractivity contribution in [3.63, 3.8) is 0 Å². The van der Waals surface area contributed by atoms with E-state index in [1.165, 1.54) is 12.1 Å². The third-order valence-corrected chi connectivity index (χ3v) is 1.60. The summed E-state index contributed by atoms with van der Waals surface area (Å²) in [6.07, 6.45) is -4.74. The van der Waals surface area contributed by atoms with Crippen molar-refractivity contribution in [3.05, 3.63) is 18.2 Å². The van der Waals surface area contributed by atoms with Crippen LogP contribution >= 0.6 is 12.2 Å². The summed E-state index contributed by atoms with van der Waals surface area (Å²) in [6.45, 7) is 0. The first-order chi connectivity index (χ1) is 6.92. The minimum Gasteiger partial charge on any atom is -0.403 e. The van der Waals surface area contributed by atoms with Crippen molar-refractivity contribution in [3.8, 4) is 5.75 Å². The van der Waals surface area contributed by atoms with Gasteiger partial charge in [-0.2, -0.15) is 4.99 Å². The summed E-state index contributed by atoms with van der Waals surface area (Å²) >= 11 is 4.31. The van der Waals surface area contributed by atoms with Crippen LogP contribution in [0.4, 0.5) is 18.9 Å². The Bertz CT molecular complexity index is 415. The highest BCUT2D eigenvalue weighted by Gasteiger charge is 2.32. The van der Waals surface area contributed by atoms with Crippen LogP contribution in [0.3, 0.4) is 0 Å². The summed E-state index contributed by atoms with van der Waals surface area (Å²) in [6, 6.07) is 4.23. The van der Waals surface area contributed by atoms with E-state index >= 15 is 0 Å². The second-order valence-corrected chi connectivity index (χ2v) is 2.90. The zero-order chi connectivity index (χ0) is 11.5. The van der Waals surface area contributed by atoms with Gasteiger partial charge in [0, 0.05) is 0 Å². The molecule has 1 aromatic carbocycles. The Hall–Kier alpha value is -1.33. The second-order valence-electron chi connectivity index (χ2n) is 2.72. The molecule has 0 radical (unpaired) electrons. The molecule has 0 saturated carbocycles. The number of aliphatic imine (C=N–C) groups is 1. The van der Waals surface area contributed by atoms with E-state index < -0.39 is 6.36 Å². The number of benzene rings is 1. The van der Waals surface area contributed by atoms with Crippen LogP contribution in [-0.4, -0.2) is 19.4 Å². The van der Waals surface area contributed by atoms with Gasteiger partial charge < -0.3 is 4.74 Å². The lowest BCUT2D eigenvalue weighted by molar-refractivity contribution is -0.274. The Kier molecular flexibility index (Phi) is 3.50. The van der Waals surface area contributed by atoms with Crippen LogP contribution < -0.4 is 10.2 Å². The summed E-state index contributed by atoms with van der Waals surface area (Å²) < 4.78 is 39.7. The fourth-order valence-electron chi connectivity index (χ4n) is 0.969. The molecule has 1 aromatic rings. The Morgan fingerprint density at radius 3 is 2.60 bits per heavy atom. The van der Waals surface area contributed by atoms with Crippen molar-refractivity contribution in [1.82, 2.24) is 0 Å². The van der Waals surface area contributed by atoms with Crippen molar-refractivity contribution < 1.29 is 17.9 Å². The van der Waals surface area contributed by atoms with Gasteiger partial charge in [-0.05, 0) is 24.4 Å². The second kappa shape index (κ2) is 4.46. The molecule has 7 heteroatoms. The van der Waals surface area contributed by atoms with Crippen LogP contribution in [0.15, 0.2) is 23.2 Å². The molecule has 78 valence electrons. The summed E-state index contributed by atoms with van der Waals surface area (Å²) in [5, 5.41) is 1.99. The maximum absolute atomic E-state index is 12.0. The first kappa shape index (κ1) is 11.7. The van der Waals surface area contributed by atoms with Gasteiger partial charge in [0.15, 0.2) is 5.75 Å². The normalized spacial score (nSPS) is 10.6. The molecule has 0 fully saturated rings. The van der Waals surface area contributed by atoms with E-state index in [1.54, 1.807) is 13.9 Å². The maximum atomic E-state index is 12.0. The molecule has 0 aliphatic rings. The van der Waals surface area contributed by atoms with Gasteiger partial charge in [-0.3, -0.25) is 0 Å². The number of rotatable bonds is 2. The molecule has 0 heterocycles. The van der Waals surface area contributed by atoms with E-state index in [2.05, 4.69) is 21.9 Å². The average molecular weight is 231 g/mol. The molecular formula is C8H5BF3NOS. The predicted octanol–water partition coefficient (Wildman–Crippen LogP) is 1.58. The van der Waals surface area contributed by atoms with Crippen LogP contribution in [0.1, 0.15) is 0 Å². The van der Waals surface area contributed by atoms with Crippen LogP contribution in [0, 0.1) is 0 Å². The lowest BCUT2D eigenvalue weighted by Crippen LogP contribution is -2.18. The monoisotopic (exact) mass is 231 g/mol. The molecule has 0 saturated heterocycles. The number of alkyl halides is 3. The Labute approximate surface area is 90.2 Å². The zero-order valence-corrected chi connectivity index (χ0v) is 8.45. The van der Waals surface area contributed by atoms with E-state index in [0.717, 1.165) is 0 Å². The standard InChI is InChI=1S/C8H5BF3NOS/c9-5-1-2-6(13-4-15)7(3-5)14-8(10,11)12/h1-3H,9H2. The molecular weight excluding hydrogens is 226 g/mol. The predicted molar refractivity (Wildman–Crippen MR) is 56.0 cm³/mol.